The first kappa shape index (κ1) is 16.0. The van der Waals surface area contributed by atoms with Gasteiger partial charge in [-0.1, -0.05) is 27.7 Å². The average Bonchev–Trinajstić information content (AvgIpc) is 1.90. The highest BCUT2D eigenvalue weighted by Crippen LogP contribution is 2.45. The molecule has 0 saturated heterocycles. The number of sulfone groups is 1. The van der Waals surface area contributed by atoms with Crippen LogP contribution in [0, 0.1) is 10.8 Å². The monoisotopic (exact) mass is 275 g/mol. The molecule has 3 nitrogen and oxygen atoms in total. The summed E-state index contributed by atoms with van der Waals surface area (Å²) in [7, 11) is -2.89. The molecule has 1 rings (SSSR count). The molecule has 1 unspecified atom stereocenters. The molecule has 0 aromatic carbocycles. The van der Waals surface area contributed by atoms with Crippen LogP contribution in [-0.4, -0.2) is 32.5 Å². The maximum atomic E-state index is 11.3. The van der Waals surface area contributed by atoms with E-state index in [-0.39, 0.29) is 11.8 Å². The Hall–Kier alpha value is -0.0900. The van der Waals surface area contributed by atoms with Crippen LogP contribution in [0.25, 0.3) is 0 Å². The van der Waals surface area contributed by atoms with Crippen LogP contribution in [0.4, 0.5) is 0 Å². The molecular formula is C14H29NO2S. The summed E-state index contributed by atoms with van der Waals surface area (Å²) in [6.45, 7) is 11.2. The van der Waals surface area contributed by atoms with Gasteiger partial charge in [-0.2, -0.15) is 0 Å². The van der Waals surface area contributed by atoms with Crippen molar-refractivity contribution < 1.29 is 8.42 Å². The first-order chi connectivity index (χ1) is 7.89. The van der Waals surface area contributed by atoms with Crippen molar-refractivity contribution in [2.24, 2.45) is 10.8 Å². The fourth-order valence-corrected chi connectivity index (χ4v) is 4.87. The molecule has 0 heterocycles. The van der Waals surface area contributed by atoms with E-state index >= 15 is 0 Å². The lowest BCUT2D eigenvalue weighted by atomic mass is 9.63. The first-order valence-electron chi connectivity index (χ1n) is 6.82. The largest absolute Gasteiger partial charge is 0.310 e. The van der Waals surface area contributed by atoms with Crippen LogP contribution in [0.1, 0.15) is 53.9 Å². The predicted octanol–water partition coefficient (Wildman–Crippen LogP) is 2.61. The summed E-state index contributed by atoms with van der Waals surface area (Å²) in [6.07, 6.45) is 4.80. The van der Waals surface area contributed by atoms with E-state index in [0.717, 1.165) is 12.8 Å². The molecule has 1 aliphatic carbocycles. The second kappa shape index (κ2) is 5.12. The van der Waals surface area contributed by atoms with Gasteiger partial charge in [0.25, 0.3) is 0 Å². The van der Waals surface area contributed by atoms with Gasteiger partial charge in [0.2, 0.25) is 0 Å². The zero-order valence-electron chi connectivity index (χ0n) is 12.7. The van der Waals surface area contributed by atoms with E-state index in [2.05, 4.69) is 33.0 Å². The number of hydrogen-bond acceptors (Lipinski definition) is 3. The molecular weight excluding hydrogens is 246 g/mol. The van der Waals surface area contributed by atoms with Gasteiger partial charge in [-0.15, -0.1) is 0 Å². The van der Waals surface area contributed by atoms with Crippen molar-refractivity contribution in [1.82, 2.24) is 5.32 Å². The van der Waals surface area contributed by atoms with Crippen molar-refractivity contribution in [1.29, 1.82) is 0 Å². The third-order valence-electron chi connectivity index (χ3n) is 3.63. The minimum atomic E-state index is -2.89. The van der Waals surface area contributed by atoms with Gasteiger partial charge in [-0.25, -0.2) is 8.42 Å². The fourth-order valence-electron chi connectivity index (χ4n) is 3.87. The van der Waals surface area contributed by atoms with Gasteiger partial charge in [-0.3, -0.25) is 0 Å². The maximum Gasteiger partial charge on any atom is 0.148 e. The van der Waals surface area contributed by atoms with Crippen molar-refractivity contribution in [3.63, 3.8) is 0 Å². The second-order valence-electron chi connectivity index (χ2n) is 7.77. The highest BCUT2D eigenvalue weighted by atomic mass is 32.2. The Balaban J connectivity index is 2.62. The molecule has 0 aromatic rings. The highest BCUT2D eigenvalue weighted by molar-refractivity contribution is 7.90. The third kappa shape index (κ3) is 5.70. The van der Waals surface area contributed by atoms with Gasteiger partial charge in [-0.05, 0) is 37.0 Å². The fraction of sp³-hybridized carbons (Fsp3) is 1.00. The number of hydrogen-bond donors (Lipinski definition) is 1. The van der Waals surface area contributed by atoms with E-state index in [0.29, 0.717) is 16.9 Å². The predicted molar refractivity (Wildman–Crippen MR) is 77.5 cm³/mol. The topological polar surface area (TPSA) is 46.2 Å². The molecule has 0 aliphatic heterocycles. The molecule has 0 aromatic heterocycles. The van der Waals surface area contributed by atoms with Gasteiger partial charge in [0.1, 0.15) is 9.84 Å². The minimum absolute atomic E-state index is 0.0368. The third-order valence-corrected chi connectivity index (χ3v) is 4.73. The molecule has 1 fully saturated rings. The van der Waals surface area contributed by atoms with Crippen LogP contribution in [0.3, 0.4) is 0 Å². The molecule has 1 atom stereocenters. The highest BCUT2D eigenvalue weighted by Gasteiger charge is 2.38. The van der Waals surface area contributed by atoms with E-state index in [4.69, 9.17) is 0 Å². The van der Waals surface area contributed by atoms with Crippen molar-refractivity contribution in [3.8, 4) is 0 Å². The van der Waals surface area contributed by atoms with Crippen LogP contribution in [0.15, 0.2) is 0 Å². The van der Waals surface area contributed by atoms with Crippen molar-refractivity contribution in [2.45, 2.75) is 66.0 Å². The molecule has 1 saturated carbocycles. The van der Waals surface area contributed by atoms with Gasteiger partial charge < -0.3 is 5.32 Å². The minimum Gasteiger partial charge on any atom is -0.310 e. The van der Waals surface area contributed by atoms with Crippen LogP contribution in [-0.2, 0) is 9.84 Å². The van der Waals surface area contributed by atoms with E-state index in [1.165, 1.54) is 12.7 Å². The quantitative estimate of drug-likeness (QED) is 0.858. The average molecular weight is 275 g/mol. The Kier molecular flexibility index (Phi) is 4.54. The van der Waals surface area contributed by atoms with Gasteiger partial charge in [0.15, 0.2) is 0 Å². The van der Waals surface area contributed by atoms with Crippen LogP contribution >= 0.6 is 0 Å². The van der Waals surface area contributed by atoms with E-state index < -0.39 is 9.84 Å². The molecule has 1 aliphatic rings. The molecule has 1 N–H and O–H groups in total. The Morgan fingerprint density at radius 2 is 1.61 bits per heavy atom. The molecule has 0 amide bonds. The molecule has 0 bridgehead atoms. The lowest BCUT2D eigenvalue weighted by Crippen LogP contribution is -2.48. The van der Waals surface area contributed by atoms with Crippen molar-refractivity contribution in [3.05, 3.63) is 0 Å². The van der Waals surface area contributed by atoms with Gasteiger partial charge in [0.05, 0.1) is 5.75 Å². The number of nitrogens with one attached hydrogen (secondary N) is 1. The Bertz CT molecular complexity index is 369. The summed E-state index contributed by atoms with van der Waals surface area (Å²) in [6, 6.07) is 0.468. The zero-order valence-corrected chi connectivity index (χ0v) is 13.5. The van der Waals surface area contributed by atoms with E-state index in [1.54, 1.807) is 0 Å². The van der Waals surface area contributed by atoms with E-state index in [9.17, 15) is 8.42 Å². The SMILES string of the molecule is CC(CS(C)(=O)=O)NC1CC(C)(C)CC(C)(C)C1. The van der Waals surface area contributed by atoms with Crippen LogP contribution in [0.2, 0.25) is 0 Å². The Labute approximate surface area is 113 Å². The maximum absolute atomic E-state index is 11.3. The lowest BCUT2D eigenvalue weighted by Gasteiger charge is -2.46. The molecule has 0 spiro atoms. The van der Waals surface area contributed by atoms with Crippen LogP contribution < -0.4 is 5.32 Å². The summed E-state index contributed by atoms with van der Waals surface area (Å²) < 4.78 is 22.6. The van der Waals surface area contributed by atoms with E-state index in [1.807, 2.05) is 6.92 Å². The first-order valence-corrected chi connectivity index (χ1v) is 8.88. The Morgan fingerprint density at radius 1 is 1.17 bits per heavy atom. The zero-order chi connectivity index (χ0) is 14.2. The second-order valence-corrected chi connectivity index (χ2v) is 9.96. The van der Waals surface area contributed by atoms with Crippen molar-refractivity contribution >= 4 is 9.84 Å². The lowest BCUT2D eigenvalue weighted by molar-refractivity contribution is 0.0822. The molecule has 108 valence electrons. The summed E-state index contributed by atoms with van der Waals surface area (Å²) in [4.78, 5) is 0. The van der Waals surface area contributed by atoms with Crippen molar-refractivity contribution in [2.75, 3.05) is 12.0 Å². The summed E-state index contributed by atoms with van der Waals surface area (Å²) in [5.74, 6) is 0.227. The molecule has 4 heteroatoms. The molecule has 0 radical (unpaired) electrons. The van der Waals surface area contributed by atoms with Gasteiger partial charge in [0, 0.05) is 18.3 Å². The summed E-state index contributed by atoms with van der Waals surface area (Å²) >= 11 is 0. The normalized spacial score (nSPS) is 25.9. The number of rotatable bonds is 4. The van der Waals surface area contributed by atoms with Gasteiger partial charge >= 0.3 is 0 Å². The van der Waals surface area contributed by atoms with Crippen LogP contribution in [0.5, 0.6) is 0 Å². The summed E-state index contributed by atoms with van der Waals surface area (Å²) in [5, 5.41) is 3.51. The molecule has 18 heavy (non-hydrogen) atoms. The smallest absolute Gasteiger partial charge is 0.148 e. The summed E-state index contributed by atoms with van der Waals surface area (Å²) in [5.41, 5.74) is 0.675. The Morgan fingerprint density at radius 3 is 2.00 bits per heavy atom. The standard InChI is InChI=1S/C14H29NO2S/c1-11(9-18(6,16)17)15-12-7-13(2,3)10-14(4,5)8-12/h11-12,15H,7-10H2,1-6H3.